The molecule has 0 aliphatic carbocycles. The molecule has 0 spiro atoms. The van der Waals surface area contributed by atoms with Gasteiger partial charge < -0.3 is 5.43 Å². The Morgan fingerprint density at radius 2 is 2.00 bits per heavy atom. The average molecular weight is 232 g/mol. The predicted molar refractivity (Wildman–Crippen MR) is 75.8 cm³/mol. The SMILES string of the molecule is C/C=C(\CC(C)CC)NN(C)c1ccccc1. The summed E-state index contributed by atoms with van der Waals surface area (Å²) in [5, 5.41) is 2.07. The zero-order chi connectivity index (χ0) is 12.7. The molecule has 0 radical (unpaired) electrons. The van der Waals surface area contributed by atoms with E-state index in [2.05, 4.69) is 68.6 Å². The molecular weight excluding hydrogens is 208 g/mol. The molecule has 1 aromatic rings. The van der Waals surface area contributed by atoms with Crippen LogP contribution in [-0.4, -0.2) is 7.05 Å². The van der Waals surface area contributed by atoms with Crippen molar-refractivity contribution < 1.29 is 0 Å². The highest BCUT2D eigenvalue weighted by molar-refractivity contribution is 5.44. The third kappa shape index (κ3) is 4.51. The van der Waals surface area contributed by atoms with Gasteiger partial charge >= 0.3 is 0 Å². The number of hydrazine groups is 1. The molecule has 2 nitrogen and oxygen atoms in total. The van der Waals surface area contributed by atoms with Crippen LogP contribution >= 0.6 is 0 Å². The van der Waals surface area contributed by atoms with Crippen LogP contribution in [0.5, 0.6) is 0 Å². The molecule has 0 aromatic heterocycles. The van der Waals surface area contributed by atoms with E-state index in [1.54, 1.807) is 0 Å². The minimum Gasteiger partial charge on any atom is -0.303 e. The zero-order valence-electron chi connectivity index (χ0n) is 11.4. The van der Waals surface area contributed by atoms with Gasteiger partial charge in [0, 0.05) is 12.7 Å². The molecule has 17 heavy (non-hydrogen) atoms. The van der Waals surface area contributed by atoms with Gasteiger partial charge in [-0.25, -0.2) is 0 Å². The van der Waals surface area contributed by atoms with Crippen LogP contribution in [0.15, 0.2) is 42.1 Å². The number of benzene rings is 1. The fourth-order valence-corrected chi connectivity index (χ4v) is 1.68. The third-order valence-electron chi connectivity index (χ3n) is 3.07. The quantitative estimate of drug-likeness (QED) is 0.747. The molecule has 1 unspecified atom stereocenters. The molecule has 0 saturated carbocycles. The molecule has 0 aliphatic heterocycles. The van der Waals surface area contributed by atoms with Crippen molar-refractivity contribution in [2.24, 2.45) is 5.92 Å². The maximum absolute atomic E-state index is 3.44. The van der Waals surface area contributed by atoms with E-state index in [0.29, 0.717) is 0 Å². The standard InChI is InChI=1S/C15H24N2/c1-5-13(3)12-14(6-2)16-17(4)15-10-8-7-9-11-15/h6-11,13,16H,5,12H2,1-4H3/b14-6+. The summed E-state index contributed by atoms with van der Waals surface area (Å²) in [6.07, 6.45) is 4.48. The van der Waals surface area contributed by atoms with Crippen molar-refractivity contribution in [1.29, 1.82) is 0 Å². The van der Waals surface area contributed by atoms with E-state index < -0.39 is 0 Å². The molecule has 1 N–H and O–H groups in total. The van der Waals surface area contributed by atoms with Crippen LogP contribution in [0.25, 0.3) is 0 Å². The lowest BCUT2D eigenvalue weighted by atomic mass is 10.0. The normalized spacial score (nSPS) is 13.3. The van der Waals surface area contributed by atoms with Gasteiger partial charge in [-0.1, -0.05) is 44.5 Å². The molecule has 1 atom stereocenters. The van der Waals surface area contributed by atoms with E-state index in [1.165, 1.54) is 17.8 Å². The largest absolute Gasteiger partial charge is 0.303 e. The molecule has 0 saturated heterocycles. The maximum atomic E-state index is 3.44. The van der Waals surface area contributed by atoms with Gasteiger partial charge in [0.2, 0.25) is 0 Å². The summed E-state index contributed by atoms with van der Waals surface area (Å²) in [6, 6.07) is 10.3. The monoisotopic (exact) mass is 232 g/mol. The smallest absolute Gasteiger partial charge is 0.0568 e. The van der Waals surface area contributed by atoms with E-state index in [1.807, 2.05) is 6.07 Å². The van der Waals surface area contributed by atoms with Crippen molar-refractivity contribution >= 4 is 5.69 Å². The first kappa shape index (κ1) is 13.6. The van der Waals surface area contributed by atoms with E-state index >= 15 is 0 Å². The summed E-state index contributed by atoms with van der Waals surface area (Å²) >= 11 is 0. The Kier molecular flexibility index (Phi) is 5.61. The first-order valence-electron chi connectivity index (χ1n) is 6.38. The molecule has 0 bridgehead atoms. The summed E-state index contributed by atoms with van der Waals surface area (Å²) in [5.74, 6) is 0.720. The Hall–Kier alpha value is -1.44. The van der Waals surface area contributed by atoms with Gasteiger partial charge in [0.05, 0.1) is 5.69 Å². The Morgan fingerprint density at radius 3 is 2.53 bits per heavy atom. The van der Waals surface area contributed by atoms with E-state index in [-0.39, 0.29) is 0 Å². The second kappa shape index (κ2) is 7.00. The molecule has 2 heteroatoms. The topological polar surface area (TPSA) is 15.3 Å². The fraction of sp³-hybridized carbons (Fsp3) is 0.467. The summed E-state index contributed by atoms with van der Waals surface area (Å²) in [4.78, 5) is 0. The predicted octanol–water partition coefficient (Wildman–Crippen LogP) is 3.97. The first-order chi connectivity index (χ1) is 8.17. The summed E-state index contributed by atoms with van der Waals surface area (Å²) in [6.45, 7) is 6.61. The summed E-state index contributed by atoms with van der Waals surface area (Å²) < 4.78 is 0. The lowest BCUT2D eigenvalue weighted by Gasteiger charge is -2.24. The van der Waals surface area contributed by atoms with Gasteiger partial charge in [-0.3, -0.25) is 5.01 Å². The highest BCUT2D eigenvalue weighted by Crippen LogP contribution is 2.15. The van der Waals surface area contributed by atoms with Crippen LogP contribution in [0.2, 0.25) is 0 Å². The molecule has 0 aliphatic rings. The molecule has 1 aromatic carbocycles. The fourth-order valence-electron chi connectivity index (χ4n) is 1.68. The minimum atomic E-state index is 0.720. The highest BCUT2D eigenvalue weighted by Gasteiger charge is 2.05. The van der Waals surface area contributed by atoms with Crippen molar-refractivity contribution in [1.82, 2.24) is 5.43 Å². The van der Waals surface area contributed by atoms with E-state index in [4.69, 9.17) is 0 Å². The number of hydrogen-bond acceptors (Lipinski definition) is 2. The number of rotatable bonds is 6. The van der Waals surface area contributed by atoms with Crippen LogP contribution in [-0.2, 0) is 0 Å². The van der Waals surface area contributed by atoms with Crippen LogP contribution in [0, 0.1) is 5.92 Å². The van der Waals surface area contributed by atoms with Crippen LogP contribution in [0.1, 0.15) is 33.6 Å². The van der Waals surface area contributed by atoms with Crippen molar-refractivity contribution in [2.75, 3.05) is 12.1 Å². The second-order valence-electron chi connectivity index (χ2n) is 4.54. The van der Waals surface area contributed by atoms with Gasteiger partial charge in [0.1, 0.15) is 0 Å². The third-order valence-corrected chi connectivity index (χ3v) is 3.07. The van der Waals surface area contributed by atoms with Gasteiger partial charge in [0.25, 0.3) is 0 Å². The Labute approximate surface area is 105 Å². The number of nitrogens with one attached hydrogen (secondary N) is 1. The number of hydrogen-bond donors (Lipinski definition) is 1. The maximum Gasteiger partial charge on any atom is 0.0568 e. The summed E-state index contributed by atoms with van der Waals surface area (Å²) in [7, 11) is 2.05. The van der Waals surface area contributed by atoms with Crippen molar-refractivity contribution in [3.05, 3.63) is 42.1 Å². The lowest BCUT2D eigenvalue weighted by molar-refractivity contribution is 0.532. The van der Waals surface area contributed by atoms with E-state index in [9.17, 15) is 0 Å². The number of para-hydroxylation sites is 1. The number of allylic oxidation sites excluding steroid dienone is 2. The minimum absolute atomic E-state index is 0.720. The Morgan fingerprint density at radius 1 is 1.35 bits per heavy atom. The van der Waals surface area contributed by atoms with Gasteiger partial charge in [-0.15, -0.1) is 0 Å². The summed E-state index contributed by atoms with van der Waals surface area (Å²) in [5.41, 5.74) is 5.90. The molecule has 1 rings (SSSR count). The Balaban J connectivity index is 2.58. The van der Waals surface area contributed by atoms with Gasteiger partial charge in [-0.05, 0) is 31.4 Å². The molecule has 0 fully saturated rings. The van der Waals surface area contributed by atoms with Crippen LogP contribution in [0.4, 0.5) is 5.69 Å². The lowest BCUT2D eigenvalue weighted by Crippen LogP contribution is -2.34. The van der Waals surface area contributed by atoms with Crippen molar-refractivity contribution in [3.8, 4) is 0 Å². The van der Waals surface area contributed by atoms with Crippen LogP contribution < -0.4 is 10.4 Å². The number of nitrogens with zero attached hydrogens (tertiary/aromatic N) is 1. The van der Waals surface area contributed by atoms with Crippen molar-refractivity contribution in [2.45, 2.75) is 33.6 Å². The first-order valence-corrected chi connectivity index (χ1v) is 6.38. The van der Waals surface area contributed by atoms with E-state index in [0.717, 1.165) is 12.3 Å². The molecular formula is C15H24N2. The molecule has 0 heterocycles. The highest BCUT2D eigenvalue weighted by atomic mass is 15.5. The molecule has 94 valence electrons. The van der Waals surface area contributed by atoms with Gasteiger partial charge in [0.15, 0.2) is 0 Å². The van der Waals surface area contributed by atoms with Crippen LogP contribution in [0.3, 0.4) is 0 Å². The second-order valence-corrected chi connectivity index (χ2v) is 4.54. The zero-order valence-corrected chi connectivity index (χ0v) is 11.4. The van der Waals surface area contributed by atoms with Gasteiger partial charge in [-0.2, -0.15) is 0 Å². The molecule has 0 amide bonds. The average Bonchev–Trinajstić information content (AvgIpc) is 2.38. The Bertz CT molecular complexity index is 343. The van der Waals surface area contributed by atoms with Crippen molar-refractivity contribution in [3.63, 3.8) is 0 Å². The number of anilines is 1.